The molecular weight excluding hydrogens is 418 g/mol. The van der Waals surface area contributed by atoms with Gasteiger partial charge in [0.1, 0.15) is 11.2 Å². The fraction of sp³-hybridized carbons (Fsp3) is 0.409. The van der Waals surface area contributed by atoms with Crippen LogP contribution in [0.3, 0.4) is 0 Å². The minimum Gasteiger partial charge on any atom is -0.308 e. The summed E-state index contributed by atoms with van der Waals surface area (Å²) in [6.45, 7) is 6.94. The first-order valence-corrected chi connectivity index (χ1v) is 10.3. The topological polar surface area (TPSA) is 35.8 Å². The number of nitrogens with one attached hydrogen (secondary N) is 1. The second kappa shape index (κ2) is 7.84. The quantitative estimate of drug-likeness (QED) is 0.562. The van der Waals surface area contributed by atoms with Gasteiger partial charge in [0.15, 0.2) is 0 Å². The molecule has 0 spiro atoms. The zero-order valence-electron chi connectivity index (χ0n) is 16.0. The van der Waals surface area contributed by atoms with Crippen molar-refractivity contribution >= 4 is 34.8 Å². The van der Waals surface area contributed by atoms with Crippen LogP contribution in [0.4, 0.5) is 4.39 Å². The Bertz CT molecular complexity index is 932. The van der Waals surface area contributed by atoms with Crippen LogP contribution in [0, 0.1) is 28.5 Å². The molecular formula is C22H22Cl3FN2. The second-order valence-electron chi connectivity index (χ2n) is 8.57. The largest absolute Gasteiger partial charge is 0.308 e. The molecule has 1 aliphatic heterocycles. The number of rotatable bonds is 3. The zero-order chi connectivity index (χ0) is 20.7. The van der Waals surface area contributed by atoms with Crippen molar-refractivity contribution in [3.05, 3.63) is 68.4 Å². The molecule has 0 amide bonds. The first-order chi connectivity index (χ1) is 13.1. The van der Waals surface area contributed by atoms with Gasteiger partial charge in [-0.2, -0.15) is 5.26 Å². The van der Waals surface area contributed by atoms with E-state index in [-0.39, 0.29) is 11.3 Å². The van der Waals surface area contributed by atoms with Crippen molar-refractivity contribution in [3.63, 3.8) is 0 Å². The molecule has 2 aromatic carbocycles. The summed E-state index contributed by atoms with van der Waals surface area (Å²) in [4.78, 5) is 0. The maximum atomic E-state index is 15.1. The lowest BCUT2D eigenvalue weighted by Crippen LogP contribution is -2.39. The third-order valence-corrected chi connectivity index (χ3v) is 6.16. The van der Waals surface area contributed by atoms with Crippen LogP contribution in [0.1, 0.15) is 44.4 Å². The minimum absolute atomic E-state index is 0.0317. The Hall–Kier alpha value is -1.31. The number of benzene rings is 2. The lowest BCUT2D eigenvalue weighted by molar-refractivity contribution is 0.247. The van der Waals surface area contributed by atoms with Gasteiger partial charge in [-0.15, -0.1) is 0 Å². The van der Waals surface area contributed by atoms with E-state index in [4.69, 9.17) is 34.8 Å². The lowest BCUT2D eigenvalue weighted by Gasteiger charge is -2.37. The maximum Gasteiger partial charge on any atom is 0.129 e. The molecule has 3 rings (SSSR count). The van der Waals surface area contributed by atoms with E-state index < -0.39 is 17.3 Å². The van der Waals surface area contributed by atoms with Gasteiger partial charge >= 0.3 is 0 Å². The highest BCUT2D eigenvalue weighted by atomic mass is 35.5. The van der Waals surface area contributed by atoms with E-state index in [0.717, 1.165) is 12.0 Å². The lowest BCUT2D eigenvalue weighted by atomic mass is 9.63. The Kier molecular flexibility index (Phi) is 5.99. The summed E-state index contributed by atoms with van der Waals surface area (Å²) >= 11 is 18.5. The van der Waals surface area contributed by atoms with Crippen LogP contribution in [0.25, 0.3) is 0 Å². The SMILES string of the molecule is CC(C)(C)C[C@@H]1CN[C@H](c2ccc(Cl)cc2Cl)[C@@]1(C#N)c1ccc(Cl)cc1F. The zero-order valence-corrected chi connectivity index (χ0v) is 18.3. The van der Waals surface area contributed by atoms with E-state index in [1.165, 1.54) is 6.07 Å². The standard InChI is InChI=1S/C22H22Cl3FN2/c1-21(2,3)10-13-11-28-20(16-6-4-14(23)8-18(16)25)22(13,12-27)17-7-5-15(24)9-19(17)26/h4-9,13,20,28H,10-11H2,1-3H3/t13-,20-,22-/m1/s1. The Labute approximate surface area is 180 Å². The maximum absolute atomic E-state index is 15.1. The highest BCUT2D eigenvalue weighted by molar-refractivity contribution is 6.35. The molecule has 148 valence electrons. The van der Waals surface area contributed by atoms with Crippen LogP contribution in [-0.2, 0) is 5.41 Å². The molecule has 6 heteroatoms. The van der Waals surface area contributed by atoms with Crippen molar-refractivity contribution in [2.24, 2.45) is 11.3 Å². The summed E-state index contributed by atoms with van der Waals surface area (Å²) in [5.41, 5.74) is -0.0804. The van der Waals surface area contributed by atoms with Crippen molar-refractivity contribution in [2.45, 2.75) is 38.6 Å². The third kappa shape index (κ3) is 3.89. The molecule has 0 saturated carbocycles. The van der Waals surface area contributed by atoms with Crippen molar-refractivity contribution in [2.75, 3.05) is 6.54 Å². The molecule has 1 fully saturated rings. The van der Waals surface area contributed by atoms with Gasteiger partial charge in [0.2, 0.25) is 0 Å². The number of nitriles is 1. The normalized spacial score (nSPS) is 24.9. The van der Waals surface area contributed by atoms with Crippen LogP contribution >= 0.6 is 34.8 Å². The molecule has 1 aliphatic rings. The Morgan fingerprint density at radius 3 is 2.36 bits per heavy atom. The molecule has 0 unspecified atom stereocenters. The molecule has 2 nitrogen and oxygen atoms in total. The number of nitrogens with zero attached hydrogens (tertiary/aromatic N) is 1. The number of hydrogen-bond donors (Lipinski definition) is 1. The smallest absolute Gasteiger partial charge is 0.129 e. The van der Waals surface area contributed by atoms with Crippen molar-refractivity contribution in [3.8, 4) is 6.07 Å². The molecule has 1 saturated heterocycles. The van der Waals surface area contributed by atoms with Gasteiger partial charge in [-0.25, -0.2) is 4.39 Å². The van der Waals surface area contributed by atoms with Crippen LogP contribution < -0.4 is 5.32 Å². The summed E-state index contributed by atoms with van der Waals surface area (Å²) in [6, 6.07) is 11.7. The van der Waals surface area contributed by atoms with Gasteiger partial charge < -0.3 is 5.32 Å². The van der Waals surface area contributed by atoms with E-state index in [0.29, 0.717) is 27.2 Å². The number of hydrogen-bond acceptors (Lipinski definition) is 2. The van der Waals surface area contributed by atoms with Crippen LogP contribution in [0.15, 0.2) is 36.4 Å². The summed E-state index contributed by atoms with van der Waals surface area (Å²) in [7, 11) is 0. The van der Waals surface area contributed by atoms with Crippen molar-refractivity contribution in [1.29, 1.82) is 5.26 Å². The molecule has 1 heterocycles. The first-order valence-electron chi connectivity index (χ1n) is 9.13. The Morgan fingerprint density at radius 2 is 1.79 bits per heavy atom. The van der Waals surface area contributed by atoms with Gasteiger partial charge in [-0.05, 0) is 47.6 Å². The average molecular weight is 440 g/mol. The van der Waals surface area contributed by atoms with E-state index >= 15 is 4.39 Å². The molecule has 1 N–H and O–H groups in total. The highest BCUT2D eigenvalue weighted by Crippen LogP contribution is 2.52. The van der Waals surface area contributed by atoms with Crippen molar-refractivity contribution < 1.29 is 4.39 Å². The summed E-state index contributed by atoms with van der Waals surface area (Å²) in [5.74, 6) is -0.586. The fourth-order valence-electron chi connectivity index (χ4n) is 4.30. The molecule has 2 aromatic rings. The van der Waals surface area contributed by atoms with Crippen LogP contribution in [0.5, 0.6) is 0 Å². The molecule has 0 aliphatic carbocycles. The molecule has 0 radical (unpaired) electrons. The van der Waals surface area contributed by atoms with Gasteiger partial charge in [0.05, 0.1) is 12.1 Å². The van der Waals surface area contributed by atoms with Crippen molar-refractivity contribution in [1.82, 2.24) is 5.32 Å². The minimum atomic E-state index is -1.13. The monoisotopic (exact) mass is 438 g/mol. The second-order valence-corrected chi connectivity index (χ2v) is 9.85. The average Bonchev–Trinajstić information content (AvgIpc) is 2.92. The summed E-state index contributed by atoms with van der Waals surface area (Å²) in [6.07, 6.45) is 0.747. The highest BCUT2D eigenvalue weighted by Gasteiger charge is 2.55. The number of halogens is 4. The fourth-order valence-corrected chi connectivity index (χ4v) is 4.97. The Morgan fingerprint density at radius 1 is 1.14 bits per heavy atom. The predicted molar refractivity (Wildman–Crippen MR) is 113 cm³/mol. The first kappa shape index (κ1) is 21.4. The van der Waals surface area contributed by atoms with Gasteiger partial charge in [-0.3, -0.25) is 0 Å². The molecule has 3 atom stereocenters. The molecule has 0 aromatic heterocycles. The van der Waals surface area contributed by atoms with E-state index in [9.17, 15) is 5.26 Å². The third-order valence-electron chi connectivity index (χ3n) is 5.36. The summed E-state index contributed by atoms with van der Waals surface area (Å²) < 4.78 is 15.1. The van der Waals surface area contributed by atoms with Crippen LogP contribution in [0.2, 0.25) is 15.1 Å². The Balaban J connectivity index is 2.23. The molecule has 0 bridgehead atoms. The van der Waals surface area contributed by atoms with Gasteiger partial charge in [0.25, 0.3) is 0 Å². The summed E-state index contributed by atoms with van der Waals surface area (Å²) in [5, 5.41) is 15.2. The van der Waals surface area contributed by atoms with Crippen LogP contribution in [-0.4, -0.2) is 6.54 Å². The van der Waals surface area contributed by atoms with Gasteiger partial charge in [0, 0.05) is 27.2 Å². The predicted octanol–water partition coefficient (Wildman–Crippen LogP) is 6.94. The van der Waals surface area contributed by atoms with E-state index in [1.807, 2.05) is 6.07 Å². The van der Waals surface area contributed by atoms with E-state index in [2.05, 4.69) is 32.2 Å². The molecule has 28 heavy (non-hydrogen) atoms. The van der Waals surface area contributed by atoms with Gasteiger partial charge in [-0.1, -0.05) is 67.7 Å². The van der Waals surface area contributed by atoms with E-state index in [1.54, 1.807) is 24.3 Å².